The Morgan fingerprint density at radius 1 is 1.24 bits per heavy atom. The Kier molecular flexibility index (Phi) is 7.14. The van der Waals surface area contributed by atoms with Gasteiger partial charge in [0.2, 0.25) is 0 Å². The molecule has 112 valence electrons. The SMILES string of the molecule is CC(C)c1cccc(NC(N)=NCc2ccccn2)c1.I. The van der Waals surface area contributed by atoms with E-state index < -0.39 is 0 Å². The molecule has 0 amide bonds. The van der Waals surface area contributed by atoms with Crippen molar-refractivity contribution in [2.24, 2.45) is 10.7 Å². The van der Waals surface area contributed by atoms with Gasteiger partial charge in [0.25, 0.3) is 0 Å². The monoisotopic (exact) mass is 396 g/mol. The molecule has 0 spiro atoms. The summed E-state index contributed by atoms with van der Waals surface area (Å²) in [4.78, 5) is 8.49. The summed E-state index contributed by atoms with van der Waals surface area (Å²) in [5, 5.41) is 3.11. The van der Waals surface area contributed by atoms with Crippen molar-refractivity contribution in [3.05, 3.63) is 59.9 Å². The molecule has 0 saturated carbocycles. The number of guanidine groups is 1. The number of hydrogen-bond acceptors (Lipinski definition) is 2. The molecule has 1 aromatic carbocycles. The van der Waals surface area contributed by atoms with Crippen LogP contribution in [0.2, 0.25) is 0 Å². The van der Waals surface area contributed by atoms with E-state index in [2.05, 4.69) is 41.3 Å². The number of hydrogen-bond donors (Lipinski definition) is 2. The van der Waals surface area contributed by atoms with Crippen LogP contribution in [0.3, 0.4) is 0 Å². The molecule has 1 aromatic heterocycles. The second-order valence-electron chi connectivity index (χ2n) is 4.93. The molecule has 4 nitrogen and oxygen atoms in total. The molecular weight excluding hydrogens is 375 g/mol. The maximum Gasteiger partial charge on any atom is 0.193 e. The average molecular weight is 396 g/mol. The lowest BCUT2D eigenvalue weighted by Gasteiger charge is -2.09. The minimum Gasteiger partial charge on any atom is -0.370 e. The van der Waals surface area contributed by atoms with Crippen molar-refractivity contribution in [2.45, 2.75) is 26.3 Å². The summed E-state index contributed by atoms with van der Waals surface area (Å²) < 4.78 is 0. The molecule has 0 atom stereocenters. The van der Waals surface area contributed by atoms with E-state index in [9.17, 15) is 0 Å². The number of halogens is 1. The van der Waals surface area contributed by atoms with Gasteiger partial charge in [-0.1, -0.05) is 32.0 Å². The minimum atomic E-state index is 0. The van der Waals surface area contributed by atoms with Crippen LogP contribution in [0, 0.1) is 0 Å². The number of pyridine rings is 1. The zero-order valence-electron chi connectivity index (χ0n) is 12.3. The minimum absolute atomic E-state index is 0. The molecule has 2 aromatic rings. The van der Waals surface area contributed by atoms with Crippen LogP contribution in [-0.4, -0.2) is 10.9 Å². The zero-order chi connectivity index (χ0) is 14.4. The van der Waals surface area contributed by atoms with Crippen LogP contribution in [0.5, 0.6) is 0 Å². The Hall–Kier alpha value is -1.63. The number of nitrogens with zero attached hydrogens (tertiary/aromatic N) is 2. The Bertz CT molecular complexity index is 582. The van der Waals surface area contributed by atoms with Gasteiger partial charge in [-0.3, -0.25) is 4.98 Å². The number of aromatic nitrogens is 1. The number of nitrogens with two attached hydrogens (primary N) is 1. The molecule has 2 rings (SSSR count). The van der Waals surface area contributed by atoms with Crippen molar-refractivity contribution in [2.75, 3.05) is 5.32 Å². The summed E-state index contributed by atoms with van der Waals surface area (Å²) in [6.07, 6.45) is 1.75. The first-order chi connectivity index (χ1) is 9.65. The first-order valence-electron chi connectivity index (χ1n) is 6.72. The van der Waals surface area contributed by atoms with Gasteiger partial charge in [0.05, 0.1) is 12.2 Å². The fourth-order valence-corrected chi connectivity index (χ4v) is 1.82. The zero-order valence-corrected chi connectivity index (χ0v) is 14.6. The van der Waals surface area contributed by atoms with E-state index in [1.165, 1.54) is 5.56 Å². The molecule has 5 heteroatoms. The lowest BCUT2D eigenvalue weighted by atomic mass is 10.0. The molecule has 21 heavy (non-hydrogen) atoms. The van der Waals surface area contributed by atoms with Crippen molar-refractivity contribution in [1.82, 2.24) is 4.98 Å². The van der Waals surface area contributed by atoms with Crippen LogP contribution in [0.4, 0.5) is 5.69 Å². The van der Waals surface area contributed by atoms with E-state index >= 15 is 0 Å². The first-order valence-corrected chi connectivity index (χ1v) is 6.72. The second-order valence-corrected chi connectivity index (χ2v) is 4.93. The van der Waals surface area contributed by atoms with Crippen LogP contribution in [0.1, 0.15) is 31.0 Å². The molecule has 0 bridgehead atoms. The van der Waals surface area contributed by atoms with Gasteiger partial charge in [0.15, 0.2) is 5.96 Å². The van der Waals surface area contributed by atoms with Crippen LogP contribution in [0.25, 0.3) is 0 Å². The maximum absolute atomic E-state index is 5.89. The summed E-state index contributed by atoms with van der Waals surface area (Å²) in [5.41, 5.74) is 9.02. The lowest BCUT2D eigenvalue weighted by molar-refractivity contribution is 0.867. The molecule has 0 fully saturated rings. The third-order valence-electron chi connectivity index (χ3n) is 2.96. The van der Waals surface area contributed by atoms with E-state index in [0.29, 0.717) is 18.4 Å². The highest BCUT2D eigenvalue weighted by atomic mass is 127. The normalized spacial score (nSPS) is 11.1. The van der Waals surface area contributed by atoms with Gasteiger partial charge >= 0.3 is 0 Å². The third kappa shape index (κ3) is 5.71. The van der Waals surface area contributed by atoms with Gasteiger partial charge in [-0.05, 0) is 35.7 Å². The molecule has 0 aliphatic rings. The van der Waals surface area contributed by atoms with Crippen molar-refractivity contribution in [3.63, 3.8) is 0 Å². The van der Waals surface area contributed by atoms with Crippen molar-refractivity contribution >= 4 is 35.6 Å². The topological polar surface area (TPSA) is 63.3 Å². The summed E-state index contributed by atoms with van der Waals surface area (Å²) >= 11 is 0. The molecule has 0 unspecified atom stereocenters. The van der Waals surface area contributed by atoms with Gasteiger partial charge in [-0.2, -0.15) is 0 Å². The number of anilines is 1. The largest absolute Gasteiger partial charge is 0.370 e. The number of nitrogens with one attached hydrogen (secondary N) is 1. The highest BCUT2D eigenvalue weighted by Gasteiger charge is 2.01. The van der Waals surface area contributed by atoms with E-state index in [4.69, 9.17) is 5.73 Å². The Morgan fingerprint density at radius 3 is 2.71 bits per heavy atom. The smallest absolute Gasteiger partial charge is 0.193 e. The Balaban J connectivity index is 0.00000220. The number of aliphatic imine (C=N–C) groups is 1. The molecule has 0 radical (unpaired) electrons. The maximum atomic E-state index is 5.89. The summed E-state index contributed by atoms with van der Waals surface area (Å²) in [7, 11) is 0. The van der Waals surface area contributed by atoms with Crippen LogP contribution >= 0.6 is 24.0 Å². The first kappa shape index (κ1) is 17.4. The molecule has 0 aliphatic carbocycles. The highest BCUT2D eigenvalue weighted by molar-refractivity contribution is 14.0. The van der Waals surface area contributed by atoms with E-state index in [1.807, 2.05) is 30.3 Å². The van der Waals surface area contributed by atoms with Gasteiger partial charge in [0.1, 0.15) is 0 Å². The van der Waals surface area contributed by atoms with Gasteiger partial charge in [-0.25, -0.2) is 4.99 Å². The van der Waals surface area contributed by atoms with Crippen LogP contribution in [0.15, 0.2) is 53.7 Å². The van der Waals surface area contributed by atoms with Crippen LogP contribution < -0.4 is 11.1 Å². The van der Waals surface area contributed by atoms with Gasteiger partial charge in [-0.15, -0.1) is 24.0 Å². The fraction of sp³-hybridized carbons (Fsp3) is 0.250. The quantitative estimate of drug-likeness (QED) is 0.470. The average Bonchev–Trinajstić information content (AvgIpc) is 2.46. The predicted octanol–water partition coefficient (Wildman–Crippen LogP) is 3.75. The summed E-state index contributed by atoms with van der Waals surface area (Å²) in [6.45, 7) is 4.80. The van der Waals surface area contributed by atoms with Crippen molar-refractivity contribution in [1.29, 1.82) is 0 Å². The molecular formula is C16H21IN4. The van der Waals surface area contributed by atoms with E-state index in [1.54, 1.807) is 6.20 Å². The molecule has 0 aliphatic heterocycles. The predicted molar refractivity (Wildman–Crippen MR) is 99.1 cm³/mol. The number of rotatable bonds is 4. The standard InChI is InChI=1S/C16H20N4.HI/c1-12(2)13-6-5-8-14(10-13)20-16(17)19-11-15-7-3-4-9-18-15;/h3-10,12H,11H2,1-2H3,(H3,17,19,20);1H. The highest BCUT2D eigenvalue weighted by Crippen LogP contribution is 2.18. The van der Waals surface area contributed by atoms with Gasteiger partial charge < -0.3 is 11.1 Å². The molecule has 1 heterocycles. The number of benzene rings is 1. The van der Waals surface area contributed by atoms with Gasteiger partial charge in [0, 0.05) is 11.9 Å². The lowest BCUT2D eigenvalue weighted by Crippen LogP contribution is -2.22. The second kappa shape index (κ2) is 8.61. The van der Waals surface area contributed by atoms with Crippen LogP contribution in [-0.2, 0) is 6.54 Å². The van der Waals surface area contributed by atoms with Crippen molar-refractivity contribution < 1.29 is 0 Å². The Labute approximate surface area is 142 Å². The fourth-order valence-electron chi connectivity index (χ4n) is 1.82. The summed E-state index contributed by atoms with van der Waals surface area (Å²) in [6, 6.07) is 13.9. The molecule has 0 saturated heterocycles. The Morgan fingerprint density at radius 2 is 2.05 bits per heavy atom. The van der Waals surface area contributed by atoms with Crippen molar-refractivity contribution in [3.8, 4) is 0 Å². The molecule has 3 N–H and O–H groups in total. The van der Waals surface area contributed by atoms with E-state index in [0.717, 1.165) is 11.4 Å². The third-order valence-corrected chi connectivity index (χ3v) is 2.96. The van der Waals surface area contributed by atoms with E-state index in [-0.39, 0.29) is 24.0 Å². The summed E-state index contributed by atoms with van der Waals surface area (Å²) in [5.74, 6) is 0.889.